The molecule has 0 radical (unpaired) electrons. The zero-order valence-electron chi connectivity index (χ0n) is 18.0. The molecule has 8 nitrogen and oxygen atoms in total. The quantitative estimate of drug-likeness (QED) is 0.272. The van der Waals surface area contributed by atoms with Gasteiger partial charge in [-0.3, -0.25) is 10.1 Å². The number of oxazole rings is 1. The average Bonchev–Trinajstić information content (AvgIpc) is 3.22. The van der Waals surface area contributed by atoms with E-state index in [-0.39, 0.29) is 11.7 Å². The van der Waals surface area contributed by atoms with E-state index < -0.39 is 6.04 Å². The molecule has 1 aliphatic rings. The van der Waals surface area contributed by atoms with Crippen molar-refractivity contribution in [3.63, 3.8) is 0 Å². The molecule has 2 heterocycles. The summed E-state index contributed by atoms with van der Waals surface area (Å²) in [5.41, 5.74) is 3.87. The smallest absolute Gasteiger partial charge is 0.302 e. The van der Waals surface area contributed by atoms with Gasteiger partial charge < -0.3 is 20.2 Å². The number of nitrogens with one attached hydrogen (secondary N) is 3. The second-order valence-corrected chi connectivity index (χ2v) is 8.53. The van der Waals surface area contributed by atoms with Crippen molar-refractivity contribution in [2.24, 2.45) is 4.99 Å². The number of aromatic hydroxyl groups is 1. The van der Waals surface area contributed by atoms with Gasteiger partial charge in [0.15, 0.2) is 5.58 Å². The lowest BCUT2D eigenvalue weighted by Gasteiger charge is -2.27. The molecule has 5 rings (SSSR count). The molecular formula is C25H20BrN5O3. The molecule has 0 saturated heterocycles. The zero-order valence-corrected chi connectivity index (χ0v) is 19.6. The predicted molar refractivity (Wildman–Crippen MR) is 135 cm³/mol. The summed E-state index contributed by atoms with van der Waals surface area (Å²) in [6.07, 6.45) is 0. The summed E-state index contributed by atoms with van der Waals surface area (Å²) in [6.45, 7) is 1.82. The lowest BCUT2D eigenvalue weighted by molar-refractivity contribution is -0.113. The first-order valence-electron chi connectivity index (χ1n) is 10.5. The van der Waals surface area contributed by atoms with Crippen LogP contribution in [0.3, 0.4) is 0 Å². The van der Waals surface area contributed by atoms with Crippen LogP contribution in [0.2, 0.25) is 0 Å². The topological polar surface area (TPSA) is 112 Å². The van der Waals surface area contributed by atoms with Crippen LogP contribution in [-0.4, -0.2) is 22.0 Å². The number of aliphatic imine (C=N–C) groups is 1. The van der Waals surface area contributed by atoms with Gasteiger partial charge in [0, 0.05) is 15.9 Å². The molecule has 3 aromatic carbocycles. The number of aromatic nitrogens is 1. The molecular weight excluding hydrogens is 498 g/mol. The molecule has 1 aliphatic heterocycles. The number of nitrogens with zero attached hydrogens (tertiary/aromatic N) is 2. The number of allylic oxidation sites excluding steroid dienone is 1. The maximum atomic E-state index is 13.3. The number of carbonyl (C=O) groups is 1. The van der Waals surface area contributed by atoms with E-state index in [0.29, 0.717) is 34.5 Å². The minimum atomic E-state index is -0.596. The molecule has 0 aliphatic carbocycles. The molecule has 4 N–H and O–H groups in total. The average molecular weight is 518 g/mol. The van der Waals surface area contributed by atoms with Gasteiger partial charge in [-0.15, -0.1) is 0 Å². The summed E-state index contributed by atoms with van der Waals surface area (Å²) >= 11 is 3.59. The molecule has 34 heavy (non-hydrogen) atoms. The first-order chi connectivity index (χ1) is 16.5. The molecule has 0 saturated carbocycles. The van der Waals surface area contributed by atoms with E-state index in [1.165, 1.54) is 12.1 Å². The standard InChI is InChI=1S/C25H20BrN5O3/c1-14-21(23(33)28-15-10-12-16(32)13-11-15)22(17-6-2-3-7-18(17)26)30-24(27-14)31-25-29-19-8-4-5-9-20(19)34-25/h2-13,22,32H,1H3,(H,28,33)(H2,27,29,30,31). The van der Waals surface area contributed by atoms with Gasteiger partial charge in [-0.25, -0.2) is 4.99 Å². The van der Waals surface area contributed by atoms with Crippen LogP contribution < -0.4 is 16.0 Å². The summed E-state index contributed by atoms with van der Waals surface area (Å²) in [6, 6.07) is 21.1. The Bertz CT molecular complexity index is 1410. The van der Waals surface area contributed by atoms with Crippen molar-refractivity contribution in [1.82, 2.24) is 10.3 Å². The van der Waals surface area contributed by atoms with Gasteiger partial charge in [0.1, 0.15) is 17.3 Å². The molecule has 9 heteroatoms. The number of rotatable bonds is 4. The van der Waals surface area contributed by atoms with E-state index in [2.05, 4.69) is 36.9 Å². The van der Waals surface area contributed by atoms with Gasteiger partial charge in [-0.05, 0) is 55.0 Å². The van der Waals surface area contributed by atoms with Gasteiger partial charge in [0.05, 0.1) is 5.57 Å². The Kier molecular flexibility index (Phi) is 5.77. The molecule has 0 spiro atoms. The Morgan fingerprint density at radius 1 is 1.06 bits per heavy atom. The van der Waals surface area contributed by atoms with Gasteiger partial charge >= 0.3 is 6.01 Å². The van der Waals surface area contributed by atoms with Crippen LogP contribution in [0, 0.1) is 0 Å². The zero-order chi connectivity index (χ0) is 23.7. The van der Waals surface area contributed by atoms with Crippen LogP contribution in [0.15, 0.2) is 97.9 Å². The number of halogens is 1. The number of phenolic OH excluding ortho intramolecular Hbond substituents is 1. The minimum Gasteiger partial charge on any atom is -0.508 e. The number of phenols is 1. The highest BCUT2D eigenvalue weighted by Gasteiger charge is 2.31. The van der Waals surface area contributed by atoms with E-state index in [1.807, 2.05) is 55.5 Å². The van der Waals surface area contributed by atoms with Gasteiger partial charge in [-0.1, -0.05) is 46.3 Å². The third-order valence-corrected chi connectivity index (χ3v) is 6.05. The molecule has 1 unspecified atom stereocenters. The fourth-order valence-electron chi connectivity index (χ4n) is 3.73. The van der Waals surface area contributed by atoms with Crippen molar-refractivity contribution in [2.45, 2.75) is 13.0 Å². The highest BCUT2D eigenvalue weighted by atomic mass is 79.9. The van der Waals surface area contributed by atoms with E-state index in [1.54, 1.807) is 12.1 Å². The van der Waals surface area contributed by atoms with E-state index >= 15 is 0 Å². The fourth-order valence-corrected chi connectivity index (χ4v) is 4.23. The Labute approximate surface area is 203 Å². The monoisotopic (exact) mass is 517 g/mol. The number of guanidine groups is 1. The van der Waals surface area contributed by atoms with Crippen molar-refractivity contribution in [1.29, 1.82) is 0 Å². The van der Waals surface area contributed by atoms with Crippen LogP contribution in [0.5, 0.6) is 5.75 Å². The maximum Gasteiger partial charge on any atom is 0.302 e. The third-order valence-electron chi connectivity index (χ3n) is 5.33. The van der Waals surface area contributed by atoms with E-state index in [4.69, 9.17) is 9.41 Å². The molecule has 170 valence electrons. The first kappa shape index (κ1) is 21.7. The molecule has 0 bridgehead atoms. The number of carbonyl (C=O) groups excluding carboxylic acids is 1. The minimum absolute atomic E-state index is 0.123. The molecule has 1 atom stereocenters. The largest absolute Gasteiger partial charge is 0.508 e. The maximum absolute atomic E-state index is 13.3. The lowest BCUT2D eigenvalue weighted by atomic mass is 9.95. The van der Waals surface area contributed by atoms with Crippen molar-refractivity contribution in [2.75, 3.05) is 10.6 Å². The highest BCUT2D eigenvalue weighted by Crippen LogP contribution is 2.35. The highest BCUT2D eigenvalue weighted by molar-refractivity contribution is 9.10. The number of hydrogen-bond donors (Lipinski definition) is 4. The van der Waals surface area contributed by atoms with Crippen LogP contribution in [0.1, 0.15) is 18.5 Å². The van der Waals surface area contributed by atoms with Gasteiger partial charge in [0.25, 0.3) is 5.91 Å². The fraction of sp³-hybridized carbons (Fsp3) is 0.0800. The third kappa shape index (κ3) is 4.38. The predicted octanol–water partition coefficient (Wildman–Crippen LogP) is 5.32. The summed E-state index contributed by atoms with van der Waals surface area (Å²) in [5, 5.41) is 18.7. The van der Waals surface area contributed by atoms with Gasteiger partial charge in [0.2, 0.25) is 5.96 Å². The lowest BCUT2D eigenvalue weighted by Crippen LogP contribution is -2.37. The van der Waals surface area contributed by atoms with Crippen molar-refractivity contribution >= 4 is 50.6 Å². The summed E-state index contributed by atoms with van der Waals surface area (Å²) in [5.74, 6) is 0.227. The summed E-state index contributed by atoms with van der Waals surface area (Å²) in [4.78, 5) is 22.6. The second-order valence-electron chi connectivity index (χ2n) is 7.68. The summed E-state index contributed by atoms with van der Waals surface area (Å²) in [7, 11) is 0. The van der Waals surface area contributed by atoms with Crippen LogP contribution in [0.25, 0.3) is 11.1 Å². The van der Waals surface area contributed by atoms with E-state index in [0.717, 1.165) is 15.6 Å². The normalized spacial score (nSPS) is 15.6. The van der Waals surface area contributed by atoms with Crippen LogP contribution in [0.4, 0.5) is 11.7 Å². The van der Waals surface area contributed by atoms with Crippen molar-refractivity contribution in [3.05, 3.63) is 94.1 Å². The number of anilines is 2. The number of fused-ring (bicyclic) bond motifs is 1. The SMILES string of the molecule is CC1=C(C(=O)Nc2ccc(O)cc2)C(c2ccccc2Br)N=C(Nc2nc3ccccc3o2)N1. The van der Waals surface area contributed by atoms with Gasteiger partial charge in [-0.2, -0.15) is 4.98 Å². The Morgan fingerprint density at radius 2 is 1.79 bits per heavy atom. The molecule has 1 aromatic heterocycles. The van der Waals surface area contributed by atoms with Crippen LogP contribution in [-0.2, 0) is 4.79 Å². The van der Waals surface area contributed by atoms with E-state index in [9.17, 15) is 9.90 Å². The number of para-hydroxylation sites is 2. The van der Waals surface area contributed by atoms with Crippen molar-refractivity contribution < 1.29 is 14.3 Å². The Hall–Kier alpha value is -4.11. The first-order valence-corrected chi connectivity index (χ1v) is 11.3. The number of benzene rings is 3. The molecule has 4 aromatic rings. The molecule has 1 amide bonds. The van der Waals surface area contributed by atoms with Crippen molar-refractivity contribution in [3.8, 4) is 5.75 Å². The Morgan fingerprint density at radius 3 is 2.56 bits per heavy atom. The Balaban J connectivity index is 1.49. The second kappa shape index (κ2) is 9.03. The molecule has 0 fully saturated rings. The number of hydrogen-bond acceptors (Lipinski definition) is 7. The number of amides is 1. The van der Waals surface area contributed by atoms with Crippen LogP contribution >= 0.6 is 15.9 Å². The summed E-state index contributed by atoms with van der Waals surface area (Å²) < 4.78 is 6.59.